The molecule has 0 bridgehead atoms. The monoisotopic (exact) mass is 312 g/mol. The van der Waals surface area contributed by atoms with Gasteiger partial charge in [0, 0.05) is 11.6 Å². The van der Waals surface area contributed by atoms with E-state index < -0.39 is 0 Å². The lowest BCUT2D eigenvalue weighted by Gasteiger charge is -2.04. The Morgan fingerprint density at radius 2 is 2.41 bits per heavy atom. The molecule has 5 nitrogen and oxygen atoms in total. The second kappa shape index (κ2) is 5.24. The molecule has 2 aromatic heterocycles. The van der Waals surface area contributed by atoms with E-state index in [4.69, 9.17) is 5.73 Å². The minimum Gasteiger partial charge on any atom is -0.375 e. The van der Waals surface area contributed by atoms with Gasteiger partial charge >= 0.3 is 0 Å². The van der Waals surface area contributed by atoms with E-state index in [1.165, 1.54) is 11.3 Å². The molecule has 0 radical (unpaired) electrons. The number of nitrogen functional groups attached to an aromatic ring is 1. The molecular weight excluding hydrogens is 304 g/mol. The molecule has 0 saturated carbocycles. The van der Waals surface area contributed by atoms with Crippen LogP contribution in [0.15, 0.2) is 28.2 Å². The highest BCUT2D eigenvalue weighted by Gasteiger charge is 2.09. The molecule has 0 fully saturated rings. The molecule has 0 aliphatic rings. The number of carbonyl (C=O) groups excluding carboxylic acids is 1. The summed E-state index contributed by atoms with van der Waals surface area (Å²) in [6.45, 7) is 0. The summed E-state index contributed by atoms with van der Waals surface area (Å²) >= 11 is 4.62. The highest BCUT2D eigenvalue weighted by molar-refractivity contribution is 9.10. The predicted molar refractivity (Wildman–Crippen MR) is 70.8 cm³/mol. The third-order valence-electron chi connectivity index (χ3n) is 1.93. The van der Waals surface area contributed by atoms with Crippen LogP contribution in [0.25, 0.3) is 0 Å². The number of hydrogen-bond acceptors (Lipinski definition) is 5. The first-order valence-electron chi connectivity index (χ1n) is 4.75. The summed E-state index contributed by atoms with van der Waals surface area (Å²) in [5.74, 6) is 0.329. The quantitative estimate of drug-likeness (QED) is 0.909. The number of nitrogens with two attached hydrogens (primary N) is 1. The molecule has 17 heavy (non-hydrogen) atoms. The third-order valence-corrected chi connectivity index (χ3v) is 3.29. The summed E-state index contributed by atoms with van der Waals surface area (Å²) in [6.07, 6.45) is 1.80. The third kappa shape index (κ3) is 3.24. The molecule has 0 atom stereocenters. The molecule has 2 aromatic rings. The van der Waals surface area contributed by atoms with E-state index >= 15 is 0 Å². The number of hydrogen-bond donors (Lipinski definition) is 2. The second-order valence-electron chi connectivity index (χ2n) is 3.24. The standard InChI is InChI=1S/C10H9BrN4OS/c11-7-2-1-3-13-9(7)15-8(16)4-6-5-17-10(12)14-6/h1-3,5H,4H2,(H2,12,14)(H,13,15,16). The van der Waals surface area contributed by atoms with Gasteiger partial charge in [0.25, 0.3) is 0 Å². The van der Waals surface area contributed by atoms with Crippen LogP contribution in [0, 0.1) is 0 Å². The summed E-state index contributed by atoms with van der Waals surface area (Å²) < 4.78 is 0.742. The molecule has 0 aliphatic carbocycles. The van der Waals surface area contributed by atoms with Gasteiger partial charge in [-0.15, -0.1) is 11.3 Å². The molecule has 2 rings (SSSR count). The second-order valence-corrected chi connectivity index (χ2v) is 4.98. The number of carbonyl (C=O) groups is 1. The molecule has 0 aromatic carbocycles. The van der Waals surface area contributed by atoms with Crippen LogP contribution >= 0.6 is 27.3 Å². The number of nitrogens with one attached hydrogen (secondary N) is 1. The molecule has 3 N–H and O–H groups in total. The fourth-order valence-corrected chi connectivity index (χ4v) is 2.14. The van der Waals surface area contributed by atoms with Crippen molar-refractivity contribution in [1.29, 1.82) is 0 Å². The van der Waals surface area contributed by atoms with E-state index in [0.717, 1.165) is 4.47 Å². The van der Waals surface area contributed by atoms with Crippen LogP contribution in [0.3, 0.4) is 0 Å². The Balaban J connectivity index is 2.01. The first-order chi connectivity index (χ1) is 8.15. The average molecular weight is 313 g/mol. The maximum absolute atomic E-state index is 11.7. The Morgan fingerprint density at radius 1 is 1.59 bits per heavy atom. The van der Waals surface area contributed by atoms with Gasteiger partial charge in [-0.05, 0) is 28.1 Å². The lowest BCUT2D eigenvalue weighted by Crippen LogP contribution is -2.15. The van der Waals surface area contributed by atoms with Gasteiger partial charge in [-0.25, -0.2) is 9.97 Å². The van der Waals surface area contributed by atoms with Gasteiger partial charge in [0.2, 0.25) is 5.91 Å². The number of thiazole rings is 1. The van der Waals surface area contributed by atoms with Crippen LogP contribution in [0.4, 0.5) is 10.9 Å². The molecule has 0 aliphatic heterocycles. The van der Waals surface area contributed by atoms with Crippen LogP contribution in [-0.4, -0.2) is 15.9 Å². The summed E-state index contributed by atoms with van der Waals surface area (Å²) in [6, 6.07) is 3.59. The Bertz CT molecular complexity index is 543. The molecule has 0 unspecified atom stereocenters. The van der Waals surface area contributed by atoms with Crippen LogP contribution in [0.2, 0.25) is 0 Å². The number of aromatic nitrogens is 2. The van der Waals surface area contributed by atoms with Gasteiger partial charge < -0.3 is 11.1 Å². The Labute approximate surface area is 110 Å². The van der Waals surface area contributed by atoms with Gasteiger partial charge in [-0.2, -0.15) is 0 Å². The number of rotatable bonds is 3. The fraction of sp³-hybridized carbons (Fsp3) is 0.100. The average Bonchev–Trinajstić information content (AvgIpc) is 2.67. The molecule has 2 heterocycles. The van der Waals surface area contributed by atoms with Crippen molar-refractivity contribution in [2.45, 2.75) is 6.42 Å². The lowest BCUT2D eigenvalue weighted by atomic mass is 10.3. The fourth-order valence-electron chi connectivity index (χ4n) is 1.22. The molecular formula is C10H9BrN4OS. The van der Waals surface area contributed by atoms with Crippen LogP contribution in [0.1, 0.15) is 5.69 Å². The number of anilines is 2. The van der Waals surface area contributed by atoms with Gasteiger partial charge in [-0.3, -0.25) is 4.79 Å². The summed E-state index contributed by atoms with van der Waals surface area (Å²) in [5.41, 5.74) is 6.15. The van der Waals surface area contributed by atoms with E-state index in [9.17, 15) is 4.79 Å². The van der Waals surface area contributed by atoms with Crippen molar-refractivity contribution in [3.05, 3.63) is 33.9 Å². The minimum absolute atomic E-state index is 0.172. The molecule has 0 saturated heterocycles. The lowest BCUT2D eigenvalue weighted by molar-refractivity contribution is -0.115. The van der Waals surface area contributed by atoms with Gasteiger partial charge in [-0.1, -0.05) is 0 Å². The van der Waals surface area contributed by atoms with Gasteiger partial charge in [0.15, 0.2) is 5.13 Å². The Morgan fingerprint density at radius 3 is 3.06 bits per heavy atom. The van der Waals surface area contributed by atoms with E-state index in [-0.39, 0.29) is 12.3 Å². The summed E-state index contributed by atoms with van der Waals surface area (Å²) in [4.78, 5) is 19.8. The van der Waals surface area contributed by atoms with E-state index in [1.54, 1.807) is 17.6 Å². The Kier molecular flexibility index (Phi) is 3.70. The van der Waals surface area contributed by atoms with E-state index in [2.05, 4.69) is 31.2 Å². The molecule has 7 heteroatoms. The maximum atomic E-state index is 11.7. The molecule has 0 spiro atoms. The zero-order chi connectivity index (χ0) is 12.3. The maximum Gasteiger partial charge on any atom is 0.231 e. The molecule has 1 amide bonds. The number of halogens is 1. The molecule has 88 valence electrons. The van der Waals surface area contributed by atoms with Crippen LogP contribution in [0.5, 0.6) is 0 Å². The normalized spacial score (nSPS) is 10.2. The largest absolute Gasteiger partial charge is 0.375 e. The number of pyridine rings is 1. The smallest absolute Gasteiger partial charge is 0.231 e. The van der Waals surface area contributed by atoms with E-state index in [1.807, 2.05) is 6.07 Å². The SMILES string of the molecule is Nc1nc(CC(=O)Nc2ncccc2Br)cs1. The van der Waals surface area contributed by atoms with Crippen molar-refractivity contribution in [1.82, 2.24) is 9.97 Å². The first-order valence-corrected chi connectivity index (χ1v) is 6.42. The number of amides is 1. The topological polar surface area (TPSA) is 80.9 Å². The first kappa shape index (κ1) is 12.0. The van der Waals surface area contributed by atoms with Crippen molar-refractivity contribution in [3.63, 3.8) is 0 Å². The zero-order valence-corrected chi connectivity index (χ0v) is 11.1. The zero-order valence-electron chi connectivity index (χ0n) is 8.68. The highest BCUT2D eigenvalue weighted by atomic mass is 79.9. The van der Waals surface area contributed by atoms with Crippen molar-refractivity contribution >= 4 is 44.1 Å². The Hall–Kier alpha value is -1.47. The number of nitrogens with zero attached hydrogens (tertiary/aromatic N) is 2. The van der Waals surface area contributed by atoms with Crippen molar-refractivity contribution < 1.29 is 4.79 Å². The highest BCUT2D eigenvalue weighted by Crippen LogP contribution is 2.18. The summed E-state index contributed by atoms with van der Waals surface area (Å²) in [5, 5.41) is 4.93. The van der Waals surface area contributed by atoms with Crippen LogP contribution < -0.4 is 11.1 Å². The van der Waals surface area contributed by atoms with E-state index in [0.29, 0.717) is 16.6 Å². The van der Waals surface area contributed by atoms with Crippen molar-refractivity contribution in [2.75, 3.05) is 11.1 Å². The van der Waals surface area contributed by atoms with Gasteiger partial charge in [0.05, 0.1) is 16.6 Å². The predicted octanol–water partition coefficient (Wildman–Crippen LogP) is 2.06. The van der Waals surface area contributed by atoms with Gasteiger partial charge in [0.1, 0.15) is 5.82 Å². The summed E-state index contributed by atoms with van der Waals surface area (Å²) in [7, 11) is 0. The van der Waals surface area contributed by atoms with Crippen molar-refractivity contribution in [2.24, 2.45) is 0 Å². The van der Waals surface area contributed by atoms with Crippen molar-refractivity contribution in [3.8, 4) is 0 Å². The van der Waals surface area contributed by atoms with Crippen LogP contribution in [-0.2, 0) is 11.2 Å². The minimum atomic E-state index is -0.172.